The third-order valence-electron chi connectivity index (χ3n) is 1.07. The Morgan fingerprint density at radius 2 is 1.80 bits per heavy atom. The summed E-state index contributed by atoms with van der Waals surface area (Å²) in [6.07, 6.45) is -4.63. The predicted molar refractivity (Wildman–Crippen MR) is 31.2 cm³/mol. The van der Waals surface area contributed by atoms with Crippen LogP contribution in [0.4, 0.5) is 0 Å². The van der Waals surface area contributed by atoms with Crippen LogP contribution in [-0.4, -0.2) is 51.6 Å². The molecule has 0 radical (unpaired) electrons. The number of carbonyl (C=O) groups is 1. The first-order valence-electron chi connectivity index (χ1n) is 2.73. The van der Waals surface area contributed by atoms with E-state index in [1.165, 1.54) is 0 Å². The highest BCUT2D eigenvalue weighted by atomic mass is 16.4. The maximum Gasteiger partial charge on any atom is 0.151 e. The average molecular weight is 152 g/mol. The zero-order valence-electron chi connectivity index (χ0n) is 5.21. The van der Waals surface area contributed by atoms with E-state index in [1.807, 2.05) is 0 Å². The van der Waals surface area contributed by atoms with E-state index in [9.17, 15) is 4.79 Å². The van der Waals surface area contributed by atoms with Gasteiger partial charge in [0.25, 0.3) is 0 Å². The lowest BCUT2D eigenvalue weighted by Gasteiger charge is -2.16. The van der Waals surface area contributed by atoms with E-state index in [2.05, 4.69) is 0 Å². The van der Waals surface area contributed by atoms with Crippen molar-refractivity contribution in [1.29, 1.82) is 0 Å². The summed E-state index contributed by atoms with van der Waals surface area (Å²) in [5.74, 6) is 0. The van der Waals surface area contributed by atoms with Crippen molar-refractivity contribution in [3.8, 4) is 0 Å². The molecule has 0 saturated heterocycles. The normalized spacial score (nSPS) is 19.6. The number of carbonyl (C=O) groups excluding carboxylic acids is 1. The lowest BCUT2D eigenvalue weighted by Crippen LogP contribution is -2.40. The highest BCUT2D eigenvalue weighted by Crippen LogP contribution is 1.96. The first kappa shape index (κ1) is 9.51. The van der Waals surface area contributed by atoms with Gasteiger partial charge in [0, 0.05) is 0 Å². The van der Waals surface area contributed by atoms with Crippen LogP contribution in [0.2, 0.25) is 0 Å². The molecule has 0 spiro atoms. The van der Waals surface area contributed by atoms with Gasteiger partial charge in [-0.25, -0.2) is 0 Å². The van der Waals surface area contributed by atoms with Gasteiger partial charge in [-0.1, -0.05) is 0 Å². The average Bonchev–Trinajstić information content (AvgIpc) is 2.00. The third-order valence-corrected chi connectivity index (χ3v) is 1.07. The zero-order chi connectivity index (χ0) is 8.15. The monoisotopic (exact) mass is 152 g/mol. The highest BCUT2D eigenvalue weighted by Gasteiger charge is 2.22. The largest absolute Gasteiger partial charge is 0.394 e. The van der Waals surface area contributed by atoms with Gasteiger partial charge in [-0.3, -0.25) is 0 Å². The second kappa shape index (κ2) is 4.35. The Hall–Kier alpha value is -0.490. The molecule has 0 fully saturated rings. The fourth-order valence-electron chi connectivity index (χ4n) is 0.416. The SMILES string of the molecule is O=[13CH][C@@H](O)[13C@@H](O)[C@H](O)CO. The molecular formula is C5H10O5. The third kappa shape index (κ3) is 2.40. The van der Waals surface area contributed by atoms with Gasteiger partial charge < -0.3 is 25.2 Å². The molecule has 0 amide bonds. The van der Waals surface area contributed by atoms with Crippen LogP contribution in [0, 0.1) is 0 Å². The molecule has 0 unspecified atom stereocenters. The molecule has 10 heavy (non-hydrogen) atoms. The molecule has 0 aromatic heterocycles. The molecule has 0 rings (SSSR count). The molecule has 0 aromatic rings. The molecule has 4 N–H and O–H groups in total. The van der Waals surface area contributed by atoms with Crippen molar-refractivity contribution in [3.63, 3.8) is 0 Å². The van der Waals surface area contributed by atoms with Crippen LogP contribution < -0.4 is 0 Å². The minimum atomic E-state index is -1.64. The summed E-state index contributed by atoms with van der Waals surface area (Å²) in [6.45, 7) is -0.688. The van der Waals surface area contributed by atoms with Crippen molar-refractivity contribution < 1.29 is 25.2 Å². The summed E-state index contributed by atoms with van der Waals surface area (Å²) in [7, 11) is 0. The molecule has 5 heteroatoms. The molecule has 0 aliphatic heterocycles. The standard InChI is InChI=1S/C5H10O5/c6-1-3(8)5(10)4(9)2-7/h1,3-5,7-10H,2H2/t3-,4-,5-/m1/s1/i1+1,5+1. The number of aliphatic hydroxyl groups excluding tert-OH is 4. The molecule has 0 aromatic carbocycles. The van der Waals surface area contributed by atoms with E-state index < -0.39 is 24.9 Å². The van der Waals surface area contributed by atoms with Crippen LogP contribution in [0.1, 0.15) is 0 Å². The number of hydrogen-bond donors (Lipinski definition) is 4. The van der Waals surface area contributed by atoms with Gasteiger partial charge in [0.05, 0.1) is 6.61 Å². The quantitative estimate of drug-likeness (QED) is 0.259. The Morgan fingerprint density at radius 3 is 2.10 bits per heavy atom. The van der Waals surface area contributed by atoms with Gasteiger partial charge in [0.2, 0.25) is 0 Å². The fraction of sp³-hybridized carbons (Fsp3) is 0.800. The fourth-order valence-corrected chi connectivity index (χ4v) is 0.416. The Kier molecular flexibility index (Phi) is 4.13. The van der Waals surface area contributed by atoms with Crippen molar-refractivity contribution >= 4 is 6.29 Å². The highest BCUT2D eigenvalue weighted by molar-refractivity contribution is 5.56. The summed E-state index contributed by atoms with van der Waals surface area (Å²) in [6, 6.07) is 0. The van der Waals surface area contributed by atoms with E-state index in [0.717, 1.165) is 0 Å². The van der Waals surface area contributed by atoms with Gasteiger partial charge in [-0.15, -0.1) is 0 Å². The van der Waals surface area contributed by atoms with E-state index >= 15 is 0 Å². The maximum atomic E-state index is 9.76. The van der Waals surface area contributed by atoms with Crippen molar-refractivity contribution in [1.82, 2.24) is 0 Å². The molecule has 0 aliphatic carbocycles. The van der Waals surface area contributed by atoms with Gasteiger partial charge >= 0.3 is 0 Å². The van der Waals surface area contributed by atoms with E-state index in [-0.39, 0.29) is 6.29 Å². The number of rotatable bonds is 4. The van der Waals surface area contributed by atoms with Crippen LogP contribution in [-0.2, 0) is 4.79 Å². The predicted octanol–water partition coefficient (Wildman–Crippen LogP) is -2.74. The second-order valence-electron chi connectivity index (χ2n) is 1.87. The second-order valence-corrected chi connectivity index (χ2v) is 1.87. The van der Waals surface area contributed by atoms with Crippen molar-refractivity contribution in [2.45, 2.75) is 18.3 Å². The van der Waals surface area contributed by atoms with Gasteiger partial charge in [0.1, 0.15) is 18.3 Å². The van der Waals surface area contributed by atoms with Gasteiger partial charge in [-0.05, 0) is 0 Å². The Labute approximate surface area is 57.5 Å². The summed E-state index contributed by atoms with van der Waals surface area (Å²) in [4.78, 5) is 9.76. The van der Waals surface area contributed by atoms with Crippen LogP contribution in [0.5, 0.6) is 0 Å². The lowest BCUT2D eigenvalue weighted by molar-refractivity contribution is -0.127. The lowest BCUT2D eigenvalue weighted by atomic mass is 10.4. The van der Waals surface area contributed by atoms with Crippen LogP contribution in [0.15, 0.2) is 0 Å². The van der Waals surface area contributed by atoms with Gasteiger partial charge in [-0.2, -0.15) is 0 Å². The minimum absolute atomic E-state index is 0.0869. The van der Waals surface area contributed by atoms with Crippen LogP contribution in [0.3, 0.4) is 0 Å². The molecule has 5 nitrogen and oxygen atoms in total. The number of aliphatic hydroxyl groups is 4. The minimum Gasteiger partial charge on any atom is -0.394 e. The molecular weight excluding hydrogens is 142 g/mol. The molecule has 3 atom stereocenters. The maximum absolute atomic E-state index is 9.76. The first-order chi connectivity index (χ1) is 4.63. The first-order valence-corrected chi connectivity index (χ1v) is 2.73. The summed E-state index contributed by atoms with van der Waals surface area (Å²) < 4.78 is 0. The van der Waals surface area contributed by atoms with Crippen molar-refractivity contribution in [2.75, 3.05) is 6.61 Å². The Balaban J connectivity index is 3.80. The van der Waals surface area contributed by atoms with Crippen molar-refractivity contribution in [3.05, 3.63) is 0 Å². The smallest absolute Gasteiger partial charge is 0.151 e. The zero-order valence-corrected chi connectivity index (χ0v) is 5.21. The van der Waals surface area contributed by atoms with E-state index in [1.54, 1.807) is 0 Å². The summed E-state index contributed by atoms with van der Waals surface area (Å²) >= 11 is 0. The van der Waals surface area contributed by atoms with Crippen LogP contribution in [0.25, 0.3) is 0 Å². The number of hydrogen-bond acceptors (Lipinski definition) is 5. The molecule has 0 aliphatic rings. The summed E-state index contributed by atoms with van der Waals surface area (Å²) in [5, 5.41) is 34.1. The Bertz CT molecular complexity index is 104. The molecule has 0 heterocycles. The van der Waals surface area contributed by atoms with Crippen molar-refractivity contribution in [2.24, 2.45) is 0 Å². The molecule has 0 saturated carbocycles. The molecule has 0 bridgehead atoms. The van der Waals surface area contributed by atoms with Gasteiger partial charge in [0.15, 0.2) is 6.29 Å². The molecule has 60 valence electrons. The van der Waals surface area contributed by atoms with E-state index in [0.29, 0.717) is 0 Å². The van der Waals surface area contributed by atoms with E-state index in [4.69, 9.17) is 20.4 Å². The topological polar surface area (TPSA) is 98.0 Å². The Morgan fingerprint density at radius 1 is 1.30 bits per heavy atom. The number of aldehydes is 1. The summed E-state index contributed by atoms with van der Waals surface area (Å²) in [5.41, 5.74) is 0. The van der Waals surface area contributed by atoms with Crippen LogP contribution >= 0.6 is 0 Å².